The van der Waals surface area contributed by atoms with Gasteiger partial charge in [-0.25, -0.2) is 4.99 Å². The number of guanidine groups is 1. The van der Waals surface area contributed by atoms with E-state index in [0.717, 1.165) is 25.2 Å². The first-order valence-corrected chi connectivity index (χ1v) is 9.58. The Labute approximate surface area is 166 Å². The van der Waals surface area contributed by atoms with Crippen molar-refractivity contribution in [2.24, 2.45) is 4.99 Å². The summed E-state index contributed by atoms with van der Waals surface area (Å²) in [6, 6.07) is 7.25. The lowest BCUT2D eigenvalue weighted by Crippen LogP contribution is -2.44. The predicted octanol–water partition coefficient (Wildman–Crippen LogP) is 1.91. The zero-order valence-electron chi connectivity index (χ0n) is 16.2. The van der Waals surface area contributed by atoms with Crippen LogP contribution in [0.25, 0.3) is 0 Å². The minimum atomic E-state index is -0.0922. The minimum Gasteiger partial charge on any atom is -0.489 e. The van der Waals surface area contributed by atoms with Crippen molar-refractivity contribution in [3.05, 3.63) is 29.3 Å². The molecule has 0 spiro atoms. The molecule has 0 radical (unpaired) electrons. The van der Waals surface area contributed by atoms with Crippen LogP contribution in [-0.2, 0) is 9.53 Å². The second-order valence-corrected chi connectivity index (χ2v) is 7.17. The molecular formula is C19H29ClN4O3. The Morgan fingerprint density at radius 2 is 2.11 bits per heavy atom. The lowest BCUT2D eigenvalue weighted by Gasteiger charge is -2.19. The van der Waals surface area contributed by atoms with Crippen LogP contribution < -0.4 is 15.4 Å². The number of rotatable bonds is 8. The van der Waals surface area contributed by atoms with E-state index in [4.69, 9.17) is 21.1 Å². The second kappa shape index (κ2) is 11.0. The molecule has 2 rings (SSSR count). The molecule has 1 aliphatic rings. The molecule has 150 valence electrons. The number of halogens is 1. The van der Waals surface area contributed by atoms with Crippen LogP contribution in [0.3, 0.4) is 0 Å². The summed E-state index contributed by atoms with van der Waals surface area (Å²) in [5.41, 5.74) is 0. The number of benzene rings is 1. The molecule has 27 heavy (non-hydrogen) atoms. The Morgan fingerprint density at radius 3 is 2.74 bits per heavy atom. The molecule has 1 aromatic rings. The van der Waals surface area contributed by atoms with Crippen LogP contribution in [0.4, 0.5) is 0 Å². The SMILES string of the molecule is CC(CNC(=NCC(=O)N(C)C)NCC1CCCO1)Oc1ccc(Cl)cc1. The molecule has 1 aromatic carbocycles. The lowest BCUT2D eigenvalue weighted by atomic mass is 10.2. The van der Waals surface area contributed by atoms with Gasteiger partial charge in [-0.15, -0.1) is 0 Å². The van der Waals surface area contributed by atoms with E-state index in [9.17, 15) is 4.79 Å². The number of nitrogens with one attached hydrogen (secondary N) is 2. The van der Waals surface area contributed by atoms with Crippen molar-refractivity contribution in [1.29, 1.82) is 0 Å². The van der Waals surface area contributed by atoms with Gasteiger partial charge in [-0.2, -0.15) is 0 Å². The Bertz CT molecular complexity index is 616. The van der Waals surface area contributed by atoms with Gasteiger partial charge in [0.2, 0.25) is 5.91 Å². The number of carbonyl (C=O) groups excluding carboxylic acids is 1. The number of ether oxygens (including phenoxy) is 2. The van der Waals surface area contributed by atoms with Crippen molar-refractivity contribution in [1.82, 2.24) is 15.5 Å². The van der Waals surface area contributed by atoms with Gasteiger partial charge in [0, 0.05) is 32.3 Å². The van der Waals surface area contributed by atoms with E-state index >= 15 is 0 Å². The number of aliphatic imine (C=N–C) groups is 1. The summed E-state index contributed by atoms with van der Waals surface area (Å²) in [5.74, 6) is 1.27. The summed E-state index contributed by atoms with van der Waals surface area (Å²) in [5, 5.41) is 7.16. The average Bonchev–Trinajstić information content (AvgIpc) is 3.16. The van der Waals surface area contributed by atoms with Crippen LogP contribution in [0, 0.1) is 0 Å². The molecule has 1 heterocycles. The monoisotopic (exact) mass is 396 g/mol. The maximum atomic E-state index is 11.8. The van der Waals surface area contributed by atoms with Gasteiger partial charge in [0.15, 0.2) is 5.96 Å². The maximum Gasteiger partial charge on any atom is 0.243 e. The fourth-order valence-corrected chi connectivity index (χ4v) is 2.63. The van der Waals surface area contributed by atoms with E-state index in [-0.39, 0.29) is 24.7 Å². The second-order valence-electron chi connectivity index (χ2n) is 6.73. The molecule has 1 aliphatic heterocycles. The van der Waals surface area contributed by atoms with Gasteiger partial charge in [0.1, 0.15) is 18.4 Å². The highest BCUT2D eigenvalue weighted by atomic mass is 35.5. The van der Waals surface area contributed by atoms with Gasteiger partial charge in [-0.05, 0) is 44.0 Å². The highest BCUT2D eigenvalue weighted by Crippen LogP contribution is 2.16. The molecule has 8 heteroatoms. The van der Waals surface area contributed by atoms with Crippen molar-refractivity contribution in [3.63, 3.8) is 0 Å². The number of amides is 1. The highest BCUT2D eigenvalue weighted by Gasteiger charge is 2.16. The first-order valence-electron chi connectivity index (χ1n) is 9.20. The summed E-state index contributed by atoms with van der Waals surface area (Å²) < 4.78 is 11.5. The molecule has 0 aromatic heterocycles. The largest absolute Gasteiger partial charge is 0.489 e. The summed E-state index contributed by atoms with van der Waals surface area (Å²) in [7, 11) is 3.43. The normalized spacial score (nSPS) is 18.1. The van der Waals surface area contributed by atoms with Gasteiger partial charge in [0.05, 0.1) is 12.6 Å². The highest BCUT2D eigenvalue weighted by molar-refractivity contribution is 6.30. The van der Waals surface area contributed by atoms with Gasteiger partial charge in [-0.3, -0.25) is 4.79 Å². The van der Waals surface area contributed by atoms with Crippen LogP contribution in [0.1, 0.15) is 19.8 Å². The third-order valence-electron chi connectivity index (χ3n) is 4.10. The summed E-state index contributed by atoms with van der Waals surface area (Å²) >= 11 is 5.89. The molecule has 1 fully saturated rings. The minimum absolute atomic E-state index is 0.0568. The van der Waals surface area contributed by atoms with Crippen LogP contribution in [0.15, 0.2) is 29.3 Å². The molecular weight excluding hydrogens is 368 g/mol. The number of hydrogen-bond donors (Lipinski definition) is 2. The van der Waals surface area contributed by atoms with Gasteiger partial charge < -0.3 is 25.0 Å². The fourth-order valence-electron chi connectivity index (χ4n) is 2.51. The van der Waals surface area contributed by atoms with Crippen molar-refractivity contribution in [2.75, 3.05) is 40.3 Å². The average molecular weight is 397 g/mol. The lowest BCUT2D eigenvalue weighted by molar-refractivity contribution is -0.127. The number of hydrogen-bond acceptors (Lipinski definition) is 4. The Hall–Kier alpha value is -1.99. The number of likely N-dealkylation sites (N-methyl/N-ethyl adjacent to an activating group) is 1. The Morgan fingerprint density at radius 1 is 1.37 bits per heavy atom. The molecule has 0 saturated carbocycles. The third-order valence-corrected chi connectivity index (χ3v) is 4.35. The molecule has 2 N–H and O–H groups in total. The van der Waals surface area contributed by atoms with E-state index < -0.39 is 0 Å². The van der Waals surface area contributed by atoms with Gasteiger partial charge in [0.25, 0.3) is 0 Å². The molecule has 2 unspecified atom stereocenters. The molecule has 1 amide bonds. The first kappa shape index (κ1) is 21.3. The zero-order valence-corrected chi connectivity index (χ0v) is 17.0. The van der Waals surface area contributed by atoms with Crippen molar-refractivity contribution in [2.45, 2.75) is 32.0 Å². The maximum absolute atomic E-state index is 11.8. The molecule has 0 aliphatic carbocycles. The molecule has 0 bridgehead atoms. The molecule has 1 saturated heterocycles. The van der Waals surface area contributed by atoms with E-state index in [0.29, 0.717) is 24.1 Å². The Balaban J connectivity index is 1.85. The first-order chi connectivity index (χ1) is 12.9. The van der Waals surface area contributed by atoms with E-state index in [1.807, 2.05) is 19.1 Å². The zero-order chi connectivity index (χ0) is 19.6. The van der Waals surface area contributed by atoms with E-state index in [1.54, 1.807) is 26.2 Å². The third kappa shape index (κ3) is 8.05. The Kier molecular flexibility index (Phi) is 8.67. The van der Waals surface area contributed by atoms with Crippen molar-refractivity contribution < 1.29 is 14.3 Å². The van der Waals surface area contributed by atoms with Crippen LogP contribution in [0.2, 0.25) is 5.02 Å². The molecule has 7 nitrogen and oxygen atoms in total. The van der Waals surface area contributed by atoms with Crippen LogP contribution in [0.5, 0.6) is 5.75 Å². The predicted molar refractivity (Wildman–Crippen MR) is 108 cm³/mol. The summed E-state index contributed by atoms with van der Waals surface area (Å²) in [4.78, 5) is 17.7. The number of carbonyl (C=O) groups is 1. The van der Waals surface area contributed by atoms with Gasteiger partial charge in [-0.1, -0.05) is 11.6 Å². The summed E-state index contributed by atoms with van der Waals surface area (Å²) in [6.07, 6.45) is 2.21. The molecule has 2 atom stereocenters. The standard InChI is InChI=1S/C19H29ClN4O3/c1-14(27-16-8-6-15(20)7-9-16)11-21-19(23-13-18(25)24(2)3)22-12-17-5-4-10-26-17/h6-9,14,17H,4-5,10-13H2,1-3H3,(H2,21,22,23). The van der Waals surface area contributed by atoms with E-state index in [1.165, 1.54) is 4.90 Å². The smallest absolute Gasteiger partial charge is 0.243 e. The fraction of sp³-hybridized carbons (Fsp3) is 0.579. The van der Waals surface area contributed by atoms with Crippen molar-refractivity contribution in [3.8, 4) is 5.75 Å². The van der Waals surface area contributed by atoms with Gasteiger partial charge >= 0.3 is 0 Å². The number of nitrogens with zero attached hydrogens (tertiary/aromatic N) is 2. The van der Waals surface area contributed by atoms with Crippen LogP contribution >= 0.6 is 11.6 Å². The van der Waals surface area contributed by atoms with Crippen molar-refractivity contribution >= 4 is 23.5 Å². The quantitative estimate of drug-likeness (QED) is 0.518. The van der Waals surface area contributed by atoms with E-state index in [2.05, 4.69) is 15.6 Å². The summed E-state index contributed by atoms with van der Waals surface area (Å²) in [6.45, 7) is 4.05. The van der Waals surface area contributed by atoms with Crippen LogP contribution in [-0.4, -0.2) is 69.3 Å². The topological polar surface area (TPSA) is 75.2 Å².